The van der Waals surface area contributed by atoms with Crippen LogP contribution in [0.25, 0.3) is 11.5 Å². The predicted molar refractivity (Wildman–Crippen MR) is 123 cm³/mol. The molecule has 2 amide bonds. The zero-order chi connectivity index (χ0) is 21.8. The van der Waals surface area contributed by atoms with E-state index in [1.54, 1.807) is 0 Å². The van der Waals surface area contributed by atoms with E-state index < -0.39 is 0 Å². The molecule has 4 rings (SSSR count). The summed E-state index contributed by atoms with van der Waals surface area (Å²) in [7, 11) is 0. The molecule has 0 aliphatic carbocycles. The van der Waals surface area contributed by atoms with Crippen molar-refractivity contribution in [2.45, 2.75) is 33.7 Å². The van der Waals surface area contributed by atoms with Crippen LogP contribution in [0.2, 0.25) is 0 Å². The third-order valence-corrected chi connectivity index (χ3v) is 5.94. The van der Waals surface area contributed by atoms with E-state index in [9.17, 15) is 4.79 Å². The lowest BCUT2D eigenvalue weighted by molar-refractivity contribution is 0.141. The second-order valence-corrected chi connectivity index (χ2v) is 8.04. The molecular weight excluding hydrogens is 388 g/mol. The van der Waals surface area contributed by atoms with Gasteiger partial charge < -0.3 is 14.6 Å². The number of urea groups is 1. The average Bonchev–Trinajstić information content (AvgIpc) is 3.14. The quantitative estimate of drug-likeness (QED) is 0.642. The van der Waals surface area contributed by atoms with Crippen LogP contribution in [-0.2, 0) is 13.0 Å². The second-order valence-electron chi connectivity index (χ2n) is 8.04. The number of rotatable bonds is 5. The molecule has 0 saturated carbocycles. The van der Waals surface area contributed by atoms with Crippen LogP contribution < -0.4 is 5.32 Å². The summed E-state index contributed by atoms with van der Waals surface area (Å²) in [6.07, 6.45) is 0.895. The maximum Gasteiger partial charge on any atom is 0.321 e. The molecule has 162 valence electrons. The summed E-state index contributed by atoms with van der Waals surface area (Å²) in [5, 5.41) is 3.07. The number of benzene rings is 2. The smallest absolute Gasteiger partial charge is 0.321 e. The number of amides is 2. The number of aromatic nitrogens is 1. The Morgan fingerprint density at radius 2 is 1.74 bits per heavy atom. The first-order chi connectivity index (χ1) is 15.0. The molecule has 0 bridgehead atoms. The van der Waals surface area contributed by atoms with Crippen LogP contribution in [0.3, 0.4) is 0 Å². The van der Waals surface area contributed by atoms with Gasteiger partial charge in [0.25, 0.3) is 0 Å². The van der Waals surface area contributed by atoms with Crippen molar-refractivity contribution < 1.29 is 9.21 Å². The fourth-order valence-electron chi connectivity index (χ4n) is 3.97. The van der Waals surface area contributed by atoms with E-state index in [2.05, 4.69) is 36.2 Å². The minimum atomic E-state index is -0.0278. The Kier molecular flexibility index (Phi) is 6.37. The lowest BCUT2D eigenvalue weighted by Crippen LogP contribution is -2.49. The molecule has 0 unspecified atom stereocenters. The first-order valence-corrected chi connectivity index (χ1v) is 10.9. The van der Waals surface area contributed by atoms with Gasteiger partial charge in [-0.2, -0.15) is 0 Å². The van der Waals surface area contributed by atoms with Crippen LogP contribution in [0, 0.1) is 13.8 Å². The van der Waals surface area contributed by atoms with Crippen molar-refractivity contribution in [3.05, 3.63) is 71.1 Å². The molecule has 0 spiro atoms. The minimum absolute atomic E-state index is 0.0278. The number of hydrogen-bond acceptors (Lipinski definition) is 4. The van der Waals surface area contributed by atoms with E-state index in [1.807, 2.05) is 48.2 Å². The molecule has 6 nitrogen and oxygen atoms in total. The zero-order valence-electron chi connectivity index (χ0n) is 18.5. The van der Waals surface area contributed by atoms with Gasteiger partial charge in [-0.3, -0.25) is 4.90 Å². The predicted octanol–water partition coefficient (Wildman–Crippen LogP) is 4.87. The second kappa shape index (κ2) is 9.35. The van der Waals surface area contributed by atoms with Crippen molar-refractivity contribution in [3.63, 3.8) is 0 Å². The number of nitrogens with zero attached hydrogens (tertiary/aromatic N) is 3. The Morgan fingerprint density at radius 3 is 2.48 bits per heavy atom. The van der Waals surface area contributed by atoms with E-state index in [0.717, 1.165) is 59.9 Å². The fraction of sp³-hybridized carbons (Fsp3) is 0.360. The fourth-order valence-corrected chi connectivity index (χ4v) is 3.97. The minimum Gasteiger partial charge on any atom is -0.441 e. The van der Waals surface area contributed by atoms with Crippen LogP contribution in [-0.4, -0.2) is 47.0 Å². The Balaban J connectivity index is 1.34. The highest BCUT2D eigenvalue weighted by Crippen LogP contribution is 2.25. The van der Waals surface area contributed by atoms with Crippen molar-refractivity contribution in [3.8, 4) is 11.5 Å². The first-order valence-electron chi connectivity index (χ1n) is 10.9. The molecule has 3 aromatic rings. The molecule has 6 heteroatoms. The highest BCUT2D eigenvalue weighted by Gasteiger charge is 2.23. The highest BCUT2D eigenvalue weighted by atomic mass is 16.4. The van der Waals surface area contributed by atoms with E-state index in [4.69, 9.17) is 9.40 Å². The molecule has 1 aromatic heterocycles. The third kappa shape index (κ3) is 4.80. The van der Waals surface area contributed by atoms with Crippen molar-refractivity contribution in [1.82, 2.24) is 14.8 Å². The number of carbonyl (C=O) groups excluding carboxylic acids is 1. The zero-order valence-corrected chi connectivity index (χ0v) is 18.5. The summed E-state index contributed by atoms with van der Waals surface area (Å²) >= 11 is 0. The van der Waals surface area contributed by atoms with Gasteiger partial charge in [0, 0.05) is 44.0 Å². The summed E-state index contributed by atoms with van der Waals surface area (Å²) in [5.74, 6) is 1.54. The number of oxazole rings is 1. The van der Waals surface area contributed by atoms with Gasteiger partial charge in [0.1, 0.15) is 5.76 Å². The topological polar surface area (TPSA) is 61.6 Å². The summed E-state index contributed by atoms with van der Waals surface area (Å²) in [6.45, 7) is 9.89. The summed E-state index contributed by atoms with van der Waals surface area (Å²) in [4.78, 5) is 21.7. The van der Waals surface area contributed by atoms with Crippen LogP contribution in [0.5, 0.6) is 0 Å². The van der Waals surface area contributed by atoms with Crippen LogP contribution in [0.4, 0.5) is 10.5 Å². The number of aryl methyl sites for hydroxylation is 3. The van der Waals surface area contributed by atoms with Crippen molar-refractivity contribution in [2.24, 2.45) is 0 Å². The number of carbonyl (C=O) groups is 1. The number of para-hydroxylation sites is 1. The monoisotopic (exact) mass is 418 g/mol. The molecule has 2 aromatic carbocycles. The Morgan fingerprint density at radius 1 is 1.03 bits per heavy atom. The summed E-state index contributed by atoms with van der Waals surface area (Å²) in [6, 6.07) is 16.1. The largest absolute Gasteiger partial charge is 0.441 e. The molecule has 1 aliphatic rings. The average molecular weight is 419 g/mol. The number of hydrogen-bond donors (Lipinski definition) is 1. The van der Waals surface area contributed by atoms with Gasteiger partial charge in [-0.05, 0) is 43.5 Å². The maximum absolute atomic E-state index is 12.7. The normalized spacial score (nSPS) is 14.6. The Bertz CT molecular complexity index is 1050. The molecule has 1 N–H and O–H groups in total. The van der Waals surface area contributed by atoms with Crippen molar-refractivity contribution in [2.75, 3.05) is 31.5 Å². The molecule has 2 heterocycles. The summed E-state index contributed by atoms with van der Waals surface area (Å²) < 4.78 is 5.96. The number of piperazine rings is 1. The molecule has 0 radical (unpaired) electrons. The lowest BCUT2D eigenvalue weighted by atomic mass is 10.1. The Hall–Kier alpha value is -3.12. The van der Waals surface area contributed by atoms with E-state index in [1.165, 1.54) is 0 Å². The van der Waals surface area contributed by atoms with Gasteiger partial charge in [-0.1, -0.05) is 43.3 Å². The van der Waals surface area contributed by atoms with Gasteiger partial charge in [0.05, 0.1) is 5.69 Å². The van der Waals surface area contributed by atoms with Gasteiger partial charge in [0.2, 0.25) is 5.89 Å². The van der Waals surface area contributed by atoms with Gasteiger partial charge >= 0.3 is 6.03 Å². The number of anilines is 1. The maximum atomic E-state index is 12.7. The highest BCUT2D eigenvalue weighted by molar-refractivity contribution is 5.90. The van der Waals surface area contributed by atoms with Crippen LogP contribution in [0.15, 0.2) is 52.9 Å². The molecule has 1 fully saturated rings. The van der Waals surface area contributed by atoms with Crippen molar-refractivity contribution >= 4 is 11.7 Å². The molecular formula is C25H30N4O2. The van der Waals surface area contributed by atoms with E-state index in [0.29, 0.717) is 19.0 Å². The third-order valence-electron chi connectivity index (χ3n) is 5.94. The van der Waals surface area contributed by atoms with Crippen molar-refractivity contribution in [1.29, 1.82) is 0 Å². The van der Waals surface area contributed by atoms with E-state index >= 15 is 0 Å². The SMILES string of the molecule is CCc1ccccc1NC(=O)N1CCN(Cc2nc(-c3ccccc3C)oc2C)CC1. The van der Waals surface area contributed by atoms with Crippen LogP contribution >= 0.6 is 0 Å². The van der Waals surface area contributed by atoms with Gasteiger partial charge in [0.15, 0.2) is 0 Å². The number of nitrogens with one attached hydrogen (secondary N) is 1. The Labute approximate surface area is 183 Å². The molecule has 31 heavy (non-hydrogen) atoms. The van der Waals surface area contributed by atoms with Crippen LogP contribution in [0.1, 0.15) is 29.5 Å². The summed E-state index contributed by atoms with van der Waals surface area (Å²) in [5.41, 5.74) is 5.21. The lowest BCUT2D eigenvalue weighted by Gasteiger charge is -2.34. The first kappa shape index (κ1) is 21.1. The standard InChI is InChI=1S/C25H30N4O2/c1-4-20-10-6-8-12-22(20)27-25(30)29-15-13-28(14-16-29)17-23-19(3)31-24(26-23)21-11-7-5-9-18(21)2/h5-12H,4,13-17H2,1-3H3,(H,27,30). The van der Waals surface area contributed by atoms with E-state index in [-0.39, 0.29) is 6.03 Å². The van der Waals surface area contributed by atoms with Gasteiger partial charge in [-0.25, -0.2) is 9.78 Å². The molecule has 1 aliphatic heterocycles. The molecule has 1 saturated heterocycles. The van der Waals surface area contributed by atoms with Gasteiger partial charge in [-0.15, -0.1) is 0 Å². The molecule has 0 atom stereocenters.